The van der Waals surface area contributed by atoms with Crippen molar-refractivity contribution in [3.63, 3.8) is 0 Å². The zero-order valence-corrected chi connectivity index (χ0v) is 19.1. The third-order valence-electron chi connectivity index (χ3n) is 5.80. The first kappa shape index (κ1) is 21.8. The zero-order chi connectivity index (χ0) is 22.7. The van der Waals surface area contributed by atoms with Crippen molar-refractivity contribution in [1.29, 1.82) is 0 Å². The fraction of sp³-hybridized carbons (Fsp3) is 0.296. The van der Waals surface area contributed by atoms with Crippen LogP contribution in [0.1, 0.15) is 59.2 Å². The van der Waals surface area contributed by atoms with Gasteiger partial charge in [0.1, 0.15) is 5.75 Å². The van der Waals surface area contributed by atoms with E-state index in [4.69, 9.17) is 4.74 Å². The maximum absolute atomic E-state index is 13.6. The predicted octanol–water partition coefficient (Wildman–Crippen LogP) is 5.74. The van der Waals surface area contributed by atoms with Crippen molar-refractivity contribution < 1.29 is 9.53 Å². The van der Waals surface area contributed by atoms with Crippen molar-refractivity contribution in [2.75, 3.05) is 7.11 Å². The summed E-state index contributed by atoms with van der Waals surface area (Å²) >= 11 is 0. The van der Waals surface area contributed by atoms with Crippen LogP contribution in [0, 0.1) is 6.92 Å². The zero-order valence-electron chi connectivity index (χ0n) is 19.1. The summed E-state index contributed by atoms with van der Waals surface area (Å²) in [6.07, 6.45) is 4.78. The second-order valence-electron chi connectivity index (χ2n) is 8.44. The van der Waals surface area contributed by atoms with Gasteiger partial charge in [-0.05, 0) is 55.2 Å². The summed E-state index contributed by atoms with van der Waals surface area (Å²) in [5.74, 6) is 1.11. The number of ketones is 1. The van der Waals surface area contributed by atoms with Crippen LogP contribution in [0.15, 0.2) is 60.9 Å². The lowest BCUT2D eigenvalue weighted by atomic mass is 9.96. The van der Waals surface area contributed by atoms with Gasteiger partial charge in [0.2, 0.25) is 0 Å². The van der Waals surface area contributed by atoms with E-state index in [0.29, 0.717) is 19.4 Å². The number of Topliss-reactive ketones (excluding diaryl/α,β-unsaturated/α-hetero) is 1. The quantitative estimate of drug-likeness (QED) is 0.337. The summed E-state index contributed by atoms with van der Waals surface area (Å²) in [7, 11) is 1.66. The van der Waals surface area contributed by atoms with Crippen molar-refractivity contribution in [2.24, 2.45) is 0 Å². The number of hydrogen-bond donors (Lipinski definition) is 0. The van der Waals surface area contributed by atoms with Crippen LogP contribution in [0.25, 0.3) is 10.9 Å². The molecule has 0 saturated carbocycles. The highest BCUT2D eigenvalue weighted by molar-refractivity contribution is 6.10. The molecule has 1 aromatic carbocycles. The average Bonchev–Trinajstić information content (AvgIpc) is 3.12. The summed E-state index contributed by atoms with van der Waals surface area (Å²) in [6, 6.07) is 15.9. The van der Waals surface area contributed by atoms with E-state index in [1.54, 1.807) is 13.3 Å². The van der Waals surface area contributed by atoms with Gasteiger partial charge in [-0.15, -0.1) is 0 Å². The molecule has 0 aliphatic carbocycles. The number of nitrogens with zero attached hydrogens (tertiary/aromatic N) is 3. The third-order valence-corrected chi connectivity index (χ3v) is 5.80. The predicted molar refractivity (Wildman–Crippen MR) is 128 cm³/mol. The fourth-order valence-corrected chi connectivity index (χ4v) is 4.22. The lowest BCUT2D eigenvalue weighted by Gasteiger charge is -2.15. The average molecular weight is 428 g/mol. The number of carbonyl (C=O) groups is 1. The Hall–Kier alpha value is -3.47. The summed E-state index contributed by atoms with van der Waals surface area (Å²) < 4.78 is 7.72. The van der Waals surface area contributed by atoms with Crippen molar-refractivity contribution in [1.82, 2.24) is 14.5 Å². The van der Waals surface area contributed by atoms with E-state index >= 15 is 0 Å². The Balaban J connectivity index is 1.78. The molecule has 0 atom stereocenters. The van der Waals surface area contributed by atoms with Crippen LogP contribution in [-0.4, -0.2) is 27.4 Å². The number of fused-ring (bicyclic) bond motifs is 1. The van der Waals surface area contributed by atoms with Crippen LogP contribution in [0.3, 0.4) is 0 Å². The maximum atomic E-state index is 13.6. The van der Waals surface area contributed by atoms with Crippen molar-refractivity contribution in [3.05, 3.63) is 89.1 Å². The normalized spacial score (nSPS) is 11.3. The minimum atomic E-state index is 0.157. The molecule has 0 saturated heterocycles. The Morgan fingerprint density at radius 2 is 1.94 bits per heavy atom. The molecule has 0 radical (unpaired) electrons. The number of pyridine rings is 2. The number of carbonyl (C=O) groups excluding carboxylic acids is 1. The van der Waals surface area contributed by atoms with Gasteiger partial charge >= 0.3 is 0 Å². The van der Waals surface area contributed by atoms with Gasteiger partial charge in [0.25, 0.3) is 0 Å². The largest absolute Gasteiger partial charge is 0.497 e. The van der Waals surface area contributed by atoms with E-state index in [0.717, 1.165) is 44.9 Å². The van der Waals surface area contributed by atoms with Crippen LogP contribution in [0.5, 0.6) is 5.75 Å². The molecule has 4 rings (SSSR count). The van der Waals surface area contributed by atoms with E-state index in [9.17, 15) is 4.79 Å². The molecule has 0 spiro atoms. The van der Waals surface area contributed by atoms with E-state index in [-0.39, 0.29) is 11.7 Å². The molecule has 0 bridgehead atoms. The van der Waals surface area contributed by atoms with Gasteiger partial charge in [-0.2, -0.15) is 0 Å². The van der Waals surface area contributed by atoms with Crippen LogP contribution in [0.2, 0.25) is 0 Å². The number of methoxy groups -OCH3 is 1. The highest BCUT2D eigenvalue weighted by atomic mass is 16.5. The number of benzene rings is 1. The summed E-state index contributed by atoms with van der Waals surface area (Å²) in [4.78, 5) is 22.4. The van der Waals surface area contributed by atoms with Gasteiger partial charge in [0.05, 0.1) is 24.9 Å². The molecule has 3 heterocycles. The Labute approximate surface area is 189 Å². The monoisotopic (exact) mass is 427 g/mol. The van der Waals surface area contributed by atoms with Crippen molar-refractivity contribution >= 4 is 16.7 Å². The van der Waals surface area contributed by atoms with Crippen molar-refractivity contribution in [2.45, 2.75) is 46.1 Å². The van der Waals surface area contributed by atoms with Gasteiger partial charge < -0.3 is 9.30 Å². The number of ether oxygens (including phenoxy) is 1. The van der Waals surface area contributed by atoms with Gasteiger partial charge in [-0.25, -0.2) is 0 Å². The standard InChI is InChI=1S/C27H29N3O2/c1-18(2)27-26(25(31)13-10-20-9-8-19(3)29-16-20)23-12-11-22(32-4)15-24(23)30(27)17-21-7-5-6-14-28-21/h5-9,11-12,14-16,18H,10,13,17H2,1-4H3. The van der Waals surface area contributed by atoms with E-state index < -0.39 is 0 Å². The van der Waals surface area contributed by atoms with Crippen LogP contribution < -0.4 is 4.74 Å². The SMILES string of the molecule is COc1ccc2c(C(=O)CCc3ccc(C)nc3)c(C(C)C)n(Cc3ccccn3)c2c1. The minimum absolute atomic E-state index is 0.157. The molecule has 4 aromatic rings. The molecule has 5 heteroatoms. The lowest BCUT2D eigenvalue weighted by Crippen LogP contribution is -2.11. The molecule has 164 valence electrons. The summed E-state index contributed by atoms with van der Waals surface area (Å²) in [5.41, 5.74) is 5.88. The number of aromatic nitrogens is 3. The topological polar surface area (TPSA) is 57.0 Å². The first-order valence-corrected chi connectivity index (χ1v) is 11.0. The highest BCUT2D eigenvalue weighted by Crippen LogP contribution is 2.35. The Morgan fingerprint density at radius 1 is 1.09 bits per heavy atom. The number of rotatable bonds is 8. The molecule has 32 heavy (non-hydrogen) atoms. The van der Waals surface area contributed by atoms with E-state index in [1.807, 2.05) is 61.7 Å². The molecular formula is C27H29N3O2. The first-order chi connectivity index (χ1) is 15.5. The second-order valence-corrected chi connectivity index (χ2v) is 8.44. The maximum Gasteiger partial charge on any atom is 0.165 e. The fourth-order valence-electron chi connectivity index (χ4n) is 4.22. The molecular weight excluding hydrogens is 398 g/mol. The van der Waals surface area contributed by atoms with Crippen LogP contribution in [-0.2, 0) is 13.0 Å². The molecule has 3 aromatic heterocycles. The number of aryl methyl sites for hydroxylation is 2. The summed E-state index contributed by atoms with van der Waals surface area (Å²) in [5, 5.41) is 0.970. The molecule has 0 N–H and O–H groups in total. The molecule has 0 fully saturated rings. The molecule has 0 aliphatic heterocycles. The van der Waals surface area contributed by atoms with Gasteiger partial charge in [-0.1, -0.05) is 26.0 Å². The molecule has 0 aliphatic rings. The molecule has 0 amide bonds. The number of hydrogen-bond acceptors (Lipinski definition) is 4. The first-order valence-electron chi connectivity index (χ1n) is 11.0. The van der Waals surface area contributed by atoms with Gasteiger partial charge in [0, 0.05) is 47.2 Å². The lowest BCUT2D eigenvalue weighted by molar-refractivity contribution is 0.0983. The molecule has 5 nitrogen and oxygen atoms in total. The van der Waals surface area contributed by atoms with Crippen molar-refractivity contribution in [3.8, 4) is 5.75 Å². The Bertz CT molecular complexity index is 1230. The van der Waals surface area contributed by atoms with E-state index in [1.165, 1.54) is 0 Å². The van der Waals surface area contributed by atoms with E-state index in [2.05, 4.69) is 28.4 Å². The van der Waals surface area contributed by atoms with Gasteiger partial charge in [-0.3, -0.25) is 14.8 Å². The molecule has 0 unspecified atom stereocenters. The Kier molecular flexibility index (Phi) is 6.35. The Morgan fingerprint density at radius 3 is 2.59 bits per heavy atom. The van der Waals surface area contributed by atoms with Crippen LogP contribution >= 0.6 is 0 Å². The second kappa shape index (κ2) is 9.35. The smallest absolute Gasteiger partial charge is 0.165 e. The third kappa shape index (κ3) is 4.42. The summed E-state index contributed by atoms with van der Waals surface area (Å²) in [6.45, 7) is 6.85. The minimum Gasteiger partial charge on any atom is -0.497 e. The highest BCUT2D eigenvalue weighted by Gasteiger charge is 2.25. The van der Waals surface area contributed by atoms with Crippen LogP contribution in [0.4, 0.5) is 0 Å². The van der Waals surface area contributed by atoms with Gasteiger partial charge in [0.15, 0.2) is 5.78 Å².